The third-order valence-corrected chi connectivity index (χ3v) is 5.12. The maximum Gasteiger partial charge on any atom is 0.270 e. The van der Waals surface area contributed by atoms with E-state index in [0.29, 0.717) is 22.5 Å². The number of carbonyl (C=O) groups is 1. The Bertz CT molecular complexity index is 976. The van der Waals surface area contributed by atoms with E-state index in [1.807, 2.05) is 36.4 Å². The quantitative estimate of drug-likeness (QED) is 0.670. The molecule has 1 aromatic carbocycles. The summed E-state index contributed by atoms with van der Waals surface area (Å²) < 4.78 is 0. The molecule has 0 atom stereocenters. The van der Waals surface area contributed by atoms with Crippen molar-refractivity contribution in [1.82, 2.24) is 20.3 Å². The molecule has 1 fully saturated rings. The SMILES string of the molecule is O=C(NC1CCN(c2nccc(Nc3ccccc3Cl)n2)CC1)c1ccccn1. The zero-order valence-electron chi connectivity index (χ0n) is 15.8. The summed E-state index contributed by atoms with van der Waals surface area (Å²) in [6.45, 7) is 1.53. The number of nitrogens with zero attached hydrogens (tertiary/aromatic N) is 4. The number of nitrogens with one attached hydrogen (secondary N) is 2. The van der Waals surface area contributed by atoms with E-state index in [1.54, 1.807) is 24.5 Å². The van der Waals surface area contributed by atoms with Crippen molar-refractivity contribution < 1.29 is 4.79 Å². The fraction of sp³-hybridized carbons (Fsp3) is 0.238. The lowest BCUT2D eigenvalue weighted by Crippen LogP contribution is -2.45. The second kappa shape index (κ2) is 8.87. The molecule has 1 amide bonds. The number of anilines is 3. The molecule has 0 saturated carbocycles. The van der Waals surface area contributed by atoms with Gasteiger partial charge in [0.25, 0.3) is 5.91 Å². The molecule has 1 aliphatic heterocycles. The largest absolute Gasteiger partial charge is 0.348 e. The van der Waals surface area contributed by atoms with E-state index in [2.05, 4.69) is 30.5 Å². The fourth-order valence-corrected chi connectivity index (χ4v) is 3.43. The van der Waals surface area contributed by atoms with Crippen LogP contribution in [0.5, 0.6) is 0 Å². The van der Waals surface area contributed by atoms with E-state index in [4.69, 9.17) is 11.6 Å². The average Bonchev–Trinajstić information content (AvgIpc) is 2.77. The molecule has 7 nitrogen and oxygen atoms in total. The summed E-state index contributed by atoms with van der Waals surface area (Å²) in [5.41, 5.74) is 1.24. The zero-order valence-corrected chi connectivity index (χ0v) is 16.5. The number of para-hydroxylation sites is 1. The minimum absolute atomic E-state index is 0.116. The van der Waals surface area contributed by atoms with E-state index in [0.717, 1.165) is 31.6 Å². The second-order valence-electron chi connectivity index (χ2n) is 6.80. The number of piperidine rings is 1. The second-order valence-corrected chi connectivity index (χ2v) is 7.20. The highest BCUT2D eigenvalue weighted by atomic mass is 35.5. The lowest BCUT2D eigenvalue weighted by atomic mass is 10.1. The van der Waals surface area contributed by atoms with Crippen LogP contribution in [0.4, 0.5) is 17.5 Å². The van der Waals surface area contributed by atoms with Crippen molar-refractivity contribution in [3.8, 4) is 0 Å². The molecule has 0 radical (unpaired) electrons. The Hall–Kier alpha value is -3.19. The predicted molar refractivity (Wildman–Crippen MR) is 114 cm³/mol. The Morgan fingerprint density at radius 2 is 1.79 bits per heavy atom. The van der Waals surface area contributed by atoms with Gasteiger partial charge in [0.05, 0.1) is 10.7 Å². The number of pyridine rings is 1. The van der Waals surface area contributed by atoms with Crippen LogP contribution in [0.2, 0.25) is 5.02 Å². The van der Waals surface area contributed by atoms with Crippen LogP contribution in [0.15, 0.2) is 60.9 Å². The van der Waals surface area contributed by atoms with Gasteiger partial charge in [-0.3, -0.25) is 9.78 Å². The summed E-state index contributed by atoms with van der Waals surface area (Å²) in [4.78, 5) is 27.5. The third-order valence-electron chi connectivity index (χ3n) is 4.79. The van der Waals surface area contributed by atoms with Crippen LogP contribution in [-0.2, 0) is 0 Å². The van der Waals surface area contributed by atoms with Crippen molar-refractivity contribution in [3.05, 3.63) is 71.6 Å². The highest BCUT2D eigenvalue weighted by molar-refractivity contribution is 6.33. The normalized spacial score (nSPS) is 14.4. The molecule has 0 bridgehead atoms. The Kier molecular flexibility index (Phi) is 5.86. The van der Waals surface area contributed by atoms with Gasteiger partial charge in [0, 0.05) is 31.5 Å². The van der Waals surface area contributed by atoms with Crippen molar-refractivity contribution in [2.24, 2.45) is 0 Å². The summed E-state index contributed by atoms with van der Waals surface area (Å²) in [5.74, 6) is 1.22. The molecule has 3 aromatic rings. The van der Waals surface area contributed by atoms with Gasteiger partial charge >= 0.3 is 0 Å². The van der Waals surface area contributed by atoms with Crippen LogP contribution < -0.4 is 15.5 Å². The van der Waals surface area contributed by atoms with Crippen molar-refractivity contribution in [2.45, 2.75) is 18.9 Å². The molecule has 0 spiro atoms. The number of hydrogen-bond acceptors (Lipinski definition) is 6. The lowest BCUT2D eigenvalue weighted by molar-refractivity contribution is 0.0926. The monoisotopic (exact) mass is 408 g/mol. The first-order valence-corrected chi connectivity index (χ1v) is 9.88. The molecule has 148 valence electrons. The lowest BCUT2D eigenvalue weighted by Gasteiger charge is -2.32. The standard InChI is InChI=1S/C21H21ClN6O/c22-16-5-1-2-6-17(16)26-19-8-12-24-21(27-19)28-13-9-15(10-14-28)25-20(29)18-7-3-4-11-23-18/h1-8,11-12,15H,9-10,13-14H2,(H,25,29)(H,24,26,27). The first-order valence-electron chi connectivity index (χ1n) is 9.50. The average molecular weight is 409 g/mol. The topological polar surface area (TPSA) is 83.0 Å². The fourth-order valence-electron chi connectivity index (χ4n) is 3.25. The van der Waals surface area contributed by atoms with Crippen molar-refractivity contribution >= 4 is 35.0 Å². The molecule has 1 aliphatic rings. The molecular formula is C21H21ClN6O. The summed E-state index contributed by atoms with van der Waals surface area (Å²) >= 11 is 6.21. The number of amides is 1. The molecule has 2 aromatic heterocycles. The summed E-state index contributed by atoms with van der Waals surface area (Å²) in [7, 11) is 0. The van der Waals surface area contributed by atoms with E-state index in [1.165, 1.54) is 0 Å². The minimum atomic E-state index is -0.133. The number of halogens is 1. The van der Waals surface area contributed by atoms with Gasteiger partial charge in [0.1, 0.15) is 11.5 Å². The molecule has 0 unspecified atom stereocenters. The predicted octanol–water partition coefficient (Wildman–Crippen LogP) is 3.67. The highest BCUT2D eigenvalue weighted by Crippen LogP contribution is 2.25. The number of carbonyl (C=O) groups excluding carboxylic acids is 1. The van der Waals surface area contributed by atoms with Gasteiger partial charge in [0.2, 0.25) is 5.95 Å². The van der Waals surface area contributed by atoms with E-state index < -0.39 is 0 Å². The number of benzene rings is 1. The van der Waals surface area contributed by atoms with Gasteiger partial charge in [0.15, 0.2) is 0 Å². The van der Waals surface area contributed by atoms with Crippen molar-refractivity contribution in [3.63, 3.8) is 0 Å². The minimum Gasteiger partial charge on any atom is -0.348 e. The van der Waals surface area contributed by atoms with Gasteiger partial charge in [-0.05, 0) is 43.2 Å². The van der Waals surface area contributed by atoms with Gasteiger partial charge in [-0.2, -0.15) is 4.98 Å². The Labute approximate surface area is 174 Å². The van der Waals surface area contributed by atoms with Crippen LogP contribution in [0.3, 0.4) is 0 Å². The van der Waals surface area contributed by atoms with Gasteiger partial charge in [-0.1, -0.05) is 29.8 Å². The van der Waals surface area contributed by atoms with Crippen LogP contribution >= 0.6 is 11.6 Å². The Morgan fingerprint density at radius 1 is 1.00 bits per heavy atom. The first kappa shape index (κ1) is 19.1. The van der Waals surface area contributed by atoms with Crippen LogP contribution in [-0.4, -0.2) is 40.0 Å². The molecule has 8 heteroatoms. The number of aromatic nitrogens is 3. The zero-order chi connectivity index (χ0) is 20.1. The van der Waals surface area contributed by atoms with Crippen LogP contribution in [0.25, 0.3) is 0 Å². The molecule has 0 aliphatic carbocycles. The van der Waals surface area contributed by atoms with E-state index in [-0.39, 0.29) is 11.9 Å². The van der Waals surface area contributed by atoms with Gasteiger partial charge < -0.3 is 15.5 Å². The van der Waals surface area contributed by atoms with E-state index >= 15 is 0 Å². The molecule has 4 rings (SSSR count). The molecular weight excluding hydrogens is 388 g/mol. The maximum atomic E-state index is 12.3. The molecule has 2 N–H and O–H groups in total. The van der Waals surface area contributed by atoms with Crippen LogP contribution in [0.1, 0.15) is 23.3 Å². The third kappa shape index (κ3) is 4.81. The van der Waals surface area contributed by atoms with Gasteiger partial charge in [-0.25, -0.2) is 4.98 Å². The molecule has 1 saturated heterocycles. The smallest absolute Gasteiger partial charge is 0.270 e. The summed E-state index contributed by atoms with van der Waals surface area (Å²) in [5, 5.41) is 6.93. The summed E-state index contributed by atoms with van der Waals surface area (Å²) in [6, 6.07) is 14.8. The maximum absolute atomic E-state index is 12.3. The Balaban J connectivity index is 1.35. The van der Waals surface area contributed by atoms with Crippen molar-refractivity contribution in [2.75, 3.05) is 23.3 Å². The van der Waals surface area contributed by atoms with Crippen molar-refractivity contribution in [1.29, 1.82) is 0 Å². The van der Waals surface area contributed by atoms with E-state index in [9.17, 15) is 4.79 Å². The number of hydrogen-bond donors (Lipinski definition) is 2. The number of rotatable bonds is 5. The van der Waals surface area contributed by atoms with Crippen LogP contribution in [0, 0.1) is 0 Å². The van der Waals surface area contributed by atoms with Gasteiger partial charge in [-0.15, -0.1) is 0 Å². The molecule has 3 heterocycles. The Morgan fingerprint density at radius 3 is 2.55 bits per heavy atom. The summed E-state index contributed by atoms with van der Waals surface area (Å²) in [6.07, 6.45) is 5.00. The molecule has 29 heavy (non-hydrogen) atoms. The highest BCUT2D eigenvalue weighted by Gasteiger charge is 2.23. The first-order chi connectivity index (χ1) is 14.2.